The Bertz CT molecular complexity index is 164. The van der Waals surface area contributed by atoms with Crippen molar-refractivity contribution in [3.05, 3.63) is 45.7 Å². The molecule has 18 heavy (non-hydrogen) atoms. The average molecular weight is 393 g/mol. The largest absolute Gasteiger partial charge is 1.00 e. The molecule has 0 saturated heterocycles. The van der Waals surface area contributed by atoms with Crippen LogP contribution in [-0.4, -0.2) is 36.0 Å². The summed E-state index contributed by atoms with van der Waals surface area (Å²) in [4.78, 5) is 33.3. The van der Waals surface area contributed by atoms with Crippen molar-refractivity contribution in [2.24, 2.45) is 0 Å². The van der Waals surface area contributed by atoms with Crippen LogP contribution in [0.4, 0.5) is 0 Å². The first-order chi connectivity index (χ1) is 6.93. The average Bonchev–Trinajstić information content (AvgIpc) is 1.76. The van der Waals surface area contributed by atoms with Crippen LogP contribution in [0, 0.1) is 45.7 Å². The van der Waals surface area contributed by atoms with E-state index >= 15 is 0 Å². The molecule has 18 heteroatoms. The van der Waals surface area contributed by atoms with E-state index in [0.717, 1.165) is 0 Å². The summed E-state index contributed by atoms with van der Waals surface area (Å²) in [6.07, 6.45) is 0. The summed E-state index contributed by atoms with van der Waals surface area (Å²) >= 11 is 0. The molecule has 0 aliphatic heterocycles. The third kappa shape index (κ3) is 570. The summed E-state index contributed by atoms with van der Waals surface area (Å²) in [5.41, 5.74) is 0. The quantitative estimate of drug-likeness (QED) is 0.189. The van der Waals surface area contributed by atoms with E-state index in [1.54, 1.807) is 0 Å². The van der Waals surface area contributed by atoms with Crippen molar-refractivity contribution in [3.63, 3.8) is 0 Å². The number of hydrogen-bond acceptors (Lipinski definition) is 9. The zero-order valence-electron chi connectivity index (χ0n) is 7.81. The molecule has 0 heterocycles. The van der Waals surface area contributed by atoms with Crippen LogP contribution in [0.5, 0.6) is 0 Å². The van der Waals surface area contributed by atoms with Crippen molar-refractivity contribution < 1.29 is 58.3 Å². The van der Waals surface area contributed by atoms with Crippen LogP contribution >= 0.6 is 9.90 Å². The molecule has 0 amide bonds. The fraction of sp³-hybridized carbons (Fsp3) is 0. The van der Waals surface area contributed by atoms with Gasteiger partial charge in [-0.05, 0) is 0 Å². The van der Waals surface area contributed by atoms with Gasteiger partial charge >= 0.3 is 22.4 Å². The van der Waals surface area contributed by atoms with Crippen LogP contribution in [0.3, 0.4) is 0 Å². The molecule has 1 unspecified atom stereocenters. The molecule has 0 aromatic rings. The molecule has 1 atom stereocenters. The summed E-state index contributed by atoms with van der Waals surface area (Å²) < 4.78 is 0. The van der Waals surface area contributed by atoms with Crippen molar-refractivity contribution in [3.8, 4) is 0 Å². The Labute approximate surface area is 114 Å². The fourth-order valence-electron chi connectivity index (χ4n) is 0. The van der Waals surface area contributed by atoms with Gasteiger partial charge in [-0.2, -0.15) is 9.90 Å². The van der Waals surface area contributed by atoms with E-state index in [0.29, 0.717) is 0 Å². The molecule has 0 saturated carbocycles. The first-order valence-corrected chi connectivity index (χ1v) is 2.24. The SMILES string of the molecule is O=[N+]([O-])O.O=[N+]([O-])O.O=[N+]([O-])O.O=[N+]([O-])[O-].P.[Ag+]. The molecule has 16 nitrogen and oxygen atoms in total. The van der Waals surface area contributed by atoms with Gasteiger partial charge in [0.2, 0.25) is 0 Å². The molecule has 0 aliphatic rings. The number of hydrogen-bond donors (Lipinski definition) is 3. The monoisotopic (exact) mass is 392 g/mol. The second kappa shape index (κ2) is 29.4. The van der Waals surface area contributed by atoms with Crippen molar-refractivity contribution in [2.45, 2.75) is 0 Å². The van der Waals surface area contributed by atoms with E-state index in [4.69, 9.17) is 61.3 Å². The van der Waals surface area contributed by atoms with Crippen LogP contribution in [0.15, 0.2) is 0 Å². The van der Waals surface area contributed by atoms with Crippen molar-refractivity contribution >= 4 is 9.90 Å². The van der Waals surface area contributed by atoms with Gasteiger partial charge in [-0.1, -0.05) is 0 Å². The summed E-state index contributed by atoms with van der Waals surface area (Å²) in [7, 11) is 0. The molecule has 0 fully saturated rings. The van der Waals surface area contributed by atoms with Crippen LogP contribution in [0.2, 0.25) is 0 Å². The van der Waals surface area contributed by atoms with E-state index in [9.17, 15) is 0 Å². The minimum atomic E-state index is -1.75. The van der Waals surface area contributed by atoms with Gasteiger partial charge in [0.1, 0.15) is 0 Å². The van der Waals surface area contributed by atoms with Gasteiger partial charge in [0.15, 0.2) is 0 Å². The minimum Gasteiger partial charge on any atom is -0.356 e. The van der Waals surface area contributed by atoms with E-state index in [-0.39, 0.29) is 32.3 Å². The van der Waals surface area contributed by atoms with E-state index in [1.165, 1.54) is 0 Å². The minimum absolute atomic E-state index is 0. The van der Waals surface area contributed by atoms with Crippen molar-refractivity contribution in [1.29, 1.82) is 0 Å². The second-order valence-corrected chi connectivity index (χ2v) is 0.937. The Morgan fingerprint density at radius 1 is 0.611 bits per heavy atom. The van der Waals surface area contributed by atoms with Crippen LogP contribution in [0.1, 0.15) is 0 Å². The number of nitrogens with zero attached hydrogens (tertiary/aromatic N) is 4. The molecule has 114 valence electrons. The summed E-state index contributed by atoms with van der Waals surface area (Å²) in [6, 6.07) is 0. The zero-order chi connectivity index (χ0) is 14.3. The fourth-order valence-corrected chi connectivity index (χ4v) is 0. The Morgan fingerprint density at radius 2 is 0.611 bits per heavy atom. The van der Waals surface area contributed by atoms with E-state index in [1.807, 2.05) is 0 Å². The predicted molar refractivity (Wildman–Crippen MR) is 47.8 cm³/mol. The standard InChI is InChI=1S/Ag.3HNO3.NO3.H3P/c;4*2-1(3)4;/h;3*(H,2,3,4);;1H3/q+1;;;;-1;. The maximum atomic E-state index is 8.36. The molecule has 0 aliphatic carbocycles. The Balaban J connectivity index is -0.0000000257. The Morgan fingerprint density at radius 3 is 0.611 bits per heavy atom. The van der Waals surface area contributed by atoms with Crippen LogP contribution in [0.25, 0.3) is 0 Å². The molecule has 0 aromatic heterocycles. The van der Waals surface area contributed by atoms with Crippen LogP contribution < -0.4 is 0 Å². The molecular weight excluding hydrogens is 387 g/mol. The van der Waals surface area contributed by atoms with E-state index < -0.39 is 20.3 Å². The zero-order valence-corrected chi connectivity index (χ0v) is 10.7. The summed E-state index contributed by atoms with van der Waals surface area (Å²) in [6.45, 7) is 0. The van der Waals surface area contributed by atoms with Crippen LogP contribution in [-0.2, 0) is 22.4 Å². The van der Waals surface area contributed by atoms with Gasteiger partial charge in [-0.25, -0.2) is 0 Å². The maximum Gasteiger partial charge on any atom is 1.00 e. The Hall–Kier alpha value is -2.03. The van der Waals surface area contributed by atoms with Gasteiger partial charge in [0, 0.05) is 0 Å². The molecule has 0 spiro atoms. The molecule has 0 aromatic carbocycles. The maximum absolute atomic E-state index is 8.36. The van der Waals surface area contributed by atoms with Crippen molar-refractivity contribution in [1.82, 2.24) is 0 Å². The van der Waals surface area contributed by atoms with Gasteiger partial charge in [-0.15, -0.1) is 30.3 Å². The second-order valence-electron chi connectivity index (χ2n) is 0.937. The smallest absolute Gasteiger partial charge is 0.356 e. The van der Waals surface area contributed by atoms with Gasteiger partial charge < -0.3 is 30.9 Å². The summed E-state index contributed by atoms with van der Waals surface area (Å²) in [5, 5.41) is 55.7. The molecule has 0 rings (SSSR count). The van der Waals surface area contributed by atoms with Crippen molar-refractivity contribution in [2.75, 3.05) is 0 Å². The predicted octanol–water partition coefficient (Wildman–Crippen LogP) is -1.23. The first-order valence-electron chi connectivity index (χ1n) is 2.24. The molecular formula is H6AgN4O12P. The molecule has 0 bridgehead atoms. The van der Waals surface area contributed by atoms with Gasteiger partial charge in [0.05, 0.1) is 5.09 Å². The third-order valence-corrected chi connectivity index (χ3v) is 0. The van der Waals surface area contributed by atoms with E-state index in [2.05, 4.69) is 0 Å². The number of rotatable bonds is 0. The van der Waals surface area contributed by atoms with Gasteiger partial charge in [0.25, 0.3) is 15.3 Å². The summed E-state index contributed by atoms with van der Waals surface area (Å²) in [5.74, 6) is 0. The third-order valence-electron chi connectivity index (χ3n) is 0. The topological polar surface area (TPSA) is 256 Å². The Kier molecular flexibility index (Phi) is 58.8. The molecule has 0 radical (unpaired) electrons. The first kappa shape index (κ1) is 36.0. The van der Waals surface area contributed by atoms with Gasteiger partial charge in [-0.3, -0.25) is 0 Å². The molecule has 3 N–H and O–H groups in total. The normalized spacial score (nSPS) is 5.33.